The summed E-state index contributed by atoms with van der Waals surface area (Å²) >= 11 is 5.58. The van der Waals surface area contributed by atoms with E-state index in [1.54, 1.807) is 27.4 Å². The summed E-state index contributed by atoms with van der Waals surface area (Å²) in [4.78, 5) is 17.0. The Kier molecular flexibility index (Phi) is 8.59. The van der Waals surface area contributed by atoms with Gasteiger partial charge in [-0.1, -0.05) is 0 Å². The lowest BCUT2D eigenvalue weighted by atomic mass is 10.1. The van der Waals surface area contributed by atoms with Crippen LogP contribution in [0.1, 0.15) is 17.0 Å². The summed E-state index contributed by atoms with van der Waals surface area (Å²) in [5.41, 5.74) is 4.57. The molecule has 11 heteroatoms. The molecule has 198 valence electrons. The highest BCUT2D eigenvalue weighted by molar-refractivity contribution is 7.80. The highest BCUT2D eigenvalue weighted by Gasteiger charge is 2.10. The molecule has 4 N–H and O–H groups in total. The number of aromatic nitrogens is 3. The molecule has 0 aliphatic heterocycles. The number of nitrogens with zero attached hydrogens (tertiary/aromatic N) is 3. The van der Waals surface area contributed by atoms with E-state index in [4.69, 9.17) is 31.4 Å². The third-order valence-electron chi connectivity index (χ3n) is 5.68. The average Bonchev–Trinajstić information content (AvgIpc) is 3.29. The Hall–Kier alpha value is -4.38. The monoisotopic (exact) mass is 533 g/mol. The number of guanidine groups is 1. The third kappa shape index (κ3) is 6.88. The van der Waals surface area contributed by atoms with Crippen molar-refractivity contribution in [3.63, 3.8) is 0 Å². The van der Waals surface area contributed by atoms with Gasteiger partial charge < -0.3 is 29.8 Å². The number of aliphatic imine (C=N–C) groups is 1. The normalized spacial score (nSPS) is 11.2. The van der Waals surface area contributed by atoms with Crippen LogP contribution in [0.3, 0.4) is 0 Å². The van der Waals surface area contributed by atoms with Gasteiger partial charge in [-0.15, -0.1) is 0 Å². The number of aryl methyl sites for hydroxylation is 2. The third-order valence-corrected chi connectivity index (χ3v) is 5.88. The highest BCUT2D eigenvalue weighted by Crippen LogP contribution is 2.26. The molecule has 2 aromatic carbocycles. The molecule has 0 saturated carbocycles. The van der Waals surface area contributed by atoms with E-state index in [0.29, 0.717) is 47.2 Å². The second-order valence-electron chi connectivity index (χ2n) is 8.49. The number of H-pyrrole nitrogens is 1. The summed E-state index contributed by atoms with van der Waals surface area (Å²) in [6.07, 6.45) is 2.69. The van der Waals surface area contributed by atoms with Crippen LogP contribution in [-0.4, -0.2) is 53.9 Å². The van der Waals surface area contributed by atoms with Crippen LogP contribution >= 0.6 is 12.2 Å². The SMILES string of the molecule is COc1cc(NC(=S)NC(=NCCc2c[nH]c3ccc(OC)cc23)Nc2nc(C)cc(C)n2)cc(OC)c1. The number of hydrogen-bond donors (Lipinski definition) is 4. The van der Waals surface area contributed by atoms with Gasteiger partial charge in [0.25, 0.3) is 0 Å². The molecular formula is C27H31N7O3S. The van der Waals surface area contributed by atoms with Crippen LogP contribution in [-0.2, 0) is 6.42 Å². The summed E-state index contributed by atoms with van der Waals surface area (Å²) in [5.74, 6) is 2.93. The number of nitrogens with one attached hydrogen (secondary N) is 4. The molecule has 0 bridgehead atoms. The molecule has 0 radical (unpaired) electrons. The van der Waals surface area contributed by atoms with Gasteiger partial charge in [-0.25, -0.2) is 9.97 Å². The predicted molar refractivity (Wildman–Crippen MR) is 155 cm³/mol. The Bertz CT molecular complexity index is 1430. The maximum absolute atomic E-state index is 5.58. The van der Waals surface area contributed by atoms with Crippen LogP contribution in [0.25, 0.3) is 10.9 Å². The van der Waals surface area contributed by atoms with Gasteiger partial charge in [-0.05, 0) is 62.3 Å². The molecule has 0 aliphatic carbocycles. The number of anilines is 2. The molecule has 0 unspecified atom stereocenters. The van der Waals surface area contributed by atoms with Gasteiger partial charge in [-0.2, -0.15) is 0 Å². The Morgan fingerprint density at radius 3 is 2.24 bits per heavy atom. The van der Waals surface area contributed by atoms with E-state index in [0.717, 1.165) is 33.6 Å². The van der Waals surface area contributed by atoms with Crippen molar-refractivity contribution in [1.82, 2.24) is 20.3 Å². The molecule has 0 aliphatic rings. The highest BCUT2D eigenvalue weighted by atomic mass is 32.1. The fourth-order valence-corrected chi connectivity index (χ4v) is 4.14. The predicted octanol–water partition coefficient (Wildman–Crippen LogP) is 4.60. The van der Waals surface area contributed by atoms with Crippen LogP contribution < -0.4 is 30.2 Å². The molecule has 0 spiro atoms. The van der Waals surface area contributed by atoms with Crippen molar-refractivity contribution >= 4 is 45.8 Å². The lowest BCUT2D eigenvalue weighted by molar-refractivity contribution is 0.395. The zero-order valence-electron chi connectivity index (χ0n) is 22.0. The summed E-state index contributed by atoms with van der Waals surface area (Å²) in [6.45, 7) is 4.31. The van der Waals surface area contributed by atoms with Gasteiger partial charge in [0.1, 0.15) is 17.2 Å². The first-order chi connectivity index (χ1) is 18.4. The average molecular weight is 534 g/mol. The molecule has 4 aromatic rings. The molecule has 2 heterocycles. The first kappa shape index (κ1) is 26.7. The lowest BCUT2D eigenvalue weighted by Crippen LogP contribution is -2.39. The molecule has 2 aromatic heterocycles. The van der Waals surface area contributed by atoms with Crippen molar-refractivity contribution < 1.29 is 14.2 Å². The van der Waals surface area contributed by atoms with Crippen molar-refractivity contribution in [2.45, 2.75) is 20.3 Å². The number of thiocarbonyl (C=S) groups is 1. The van der Waals surface area contributed by atoms with Gasteiger partial charge in [0.05, 0.1) is 21.3 Å². The number of hydrogen-bond acceptors (Lipinski definition) is 7. The minimum Gasteiger partial charge on any atom is -0.497 e. The molecule has 0 saturated heterocycles. The summed E-state index contributed by atoms with van der Waals surface area (Å²) < 4.78 is 16.1. The largest absolute Gasteiger partial charge is 0.497 e. The van der Waals surface area contributed by atoms with Crippen molar-refractivity contribution in [2.75, 3.05) is 38.5 Å². The van der Waals surface area contributed by atoms with E-state index in [1.165, 1.54) is 0 Å². The van der Waals surface area contributed by atoms with E-state index in [2.05, 4.69) is 30.9 Å². The van der Waals surface area contributed by atoms with Gasteiger partial charge >= 0.3 is 0 Å². The number of ether oxygens (including phenoxy) is 3. The Morgan fingerprint density at radius 2 is 1.58 bits per heavy atom. The standard InChI is InChI=1S/C27H31N7O3S/c1-16-10-17(2)31-26(30-16)33-25(34-27(38)32-19-11-21(36-4)13-22(12-19)37-5)28-9-8-18-15-29-24-7-6-20(35-3)14-23(18)24/h6-7,10-15,29H,8-9H2,1-5H3,(H3,28,30,31,32,33,34,38). The number of methoxy groups -OCH3 is 3. The maximum atomic E-state index is 5.58. The molecule has 0 fully saturated rings. The van der Waals surface area contributed by atoms with E-state index in [-0.39, 0.29) is 0 Å². The van der Waals surface area contributed by atoms with E-state index in [1.807, 2.05) is 56.4 Å². The van der Waals surface area contributed by atoms with Crippen LogP contribution in [0.4, 0.5) is 11.6 Å². The first-order valence-corrected chi connectivity index (χ1v) is 12.4. The van der Waals surface area contributed by atoms with Gasteiger partial charge in [0.15, 0.2) is 5.11 Å². The van der Waals surface area contributed by atoms with Crippen LogP contribution in [0.2, 0.25) is 0 Å². The topological polar surface area (TPSA) is 118 Å². The zero-order valence-corrected chi connectivity index (χ0v) is 22.8. The maximum Gasteiger partial charge on any atom is 0.229 e. The van der Waals surface area contributed by atoms with Crippen molar-refractivity contribution in [2.24, 2.45) is 4.99 Å². The Morgan fingerprint density at radius 1 is 0.895 bits per heavy atom. The summed E-state index contributed by atoms with van der Waals surface area (Å²) in [7, 11) is 4.85. The smallest absolute Gasteiger partial charge is 0.229 e. The first-order valence-electron chi connectivity index (χ1n) is 12.0. The van der Waals surface area contributed by atoms with Crippen molar-refractivity contribution in [3.8, 4) is 17.2 Å². The number of rotatable bonds is 8. The second kappa shape index (κ2) is 12.2. The van der Waals surface area contributed by atoms with E-state index >= 15 is 0 Å². The quantitative estimate of drug-likeness (QED) is 0.146. The van der Waals surface area contributed by atoms with Gasteiger partial charge in [0, 0.05) is 58.9 Å². The molecule has 0 atom stereocenters. The molecule has 10 nitrogen and oxygen atoms in total. The molecule has 4 rings (SSSR count). The summed E-state index contributed by atoms with van der Waals surface area (Å²) in [5, 5.41) is 10.9. The minimum absolute atomic E-state index is 0.327. The second-order valence-corrected chi connectivity index (χ2v) is 8.89. The Balaban J connectivity index is 1.53. The Labute approximate surface area is 226 Å². The van der Waals surface area contributed by atoms with E-state index in [9.17, 15) is 0 Å². The van der Waals surface area contributed by atoms with Crippen molar-refractivity contribution in [1.29, 1.82) is 0 Å². The number of fused-ring (bicyclic) bond motifs is 1. The van der Waals surface area contributed by atoms with Gasteiger partial charge in [-0.3, -0.25) is 10.3 Å². The zero-order chi connectivity index (χ0) is 27.1. The fourth-order valence-electron chi connectivity index (χ4n) is 3.93. The van der Waals surface area contributed by atoms with Crippen LogP contribution in [0, 0.1) is 13.8 Å². The fraction of sp³-hybridized carbons (Fsp3) is 0.259. The summed E-state index contributed by atoms with van der Waals surface area (Å²) in [6, 6.07) is 13.3. The van der Waals surface area contributed by atoms with Crippen LogP contribution in [0.15, 0.2) is 53.7 Å². The molecule has 0 amide bonds. The van der Waals surface area contributed by atoms with Gasteiger partial charge in [0.2, 0.25) is 11.9 Å². The van der Waals surface area contributed by atoms with Crippen LogP contribution in [0.5, 0.6) is 17.2 Å². The number of benzene rings is 2. The van der Waals surface area contributed by atoms with E-state index < -0.39 is 0 Å². The molecular weight excluding hydrogens is 502 g/mol. The number of aromatic amines is 1. The molecule has 38 heavy (non-hydrogen) atoms. The minimum atomic E-state index is 0.327. The van der Waals surface area contributed by atoms with Crippen molar-refractivity contribution in [3.05, 3.63) is 65.6 Å². The lowest BCUT2D eigenvalue weighted by Gasteiger charge is -2.15.